The van der Waals surface area contributed by atoms with Crippen molar-refractivity contribution < 1.29 is 31.9 Å². The summed E-state index contributed by atoms with van der Waals surface area (Å²) in [6.45, 7) is 1.95. The quantitative estimate of drug-likeness (QED) is 0.267. The Morgan fingerprint density at radius 1 is 0.950 bits per heavy atom. The number of benzene rings is 4. The molecule has 5 aromatic rings. The molecule has 40 heavy (non-hydrogen) atoms. The molecule has 0 N–H and O–H groups in total. The summed E-state index contributed by atoms with van der Waals surface area (Å²) >= 11 is 0. The van der Waals surface area contributed by atoms with E-state index >= 15 is 0 Å². The van der Waals surface area contributed by atoms with E-state index in [0.717, 1.165) is 15.6 Å². The maximum atomic E-state index is 14.7. The van der Waals surface area contributed by atoms with Crippen LogP contribution < -0.4 is 9.64 Å². The lowest BCUT2D eigenvalue weighted by molar-refractivity contribution is 0.0602. The summed E-state index contributed by atoms with van der Waals surface area (Å²) in [6.07, 6.45) is 0. The first-order chi connectivity index (χ1) is 19.1. The van der Waals surface area contributed by atoms with Gasteiger partial charge in [-0.3, -0.25) is 4.79 Å². The SMILES string of the molecule is COC(=O)c1cc2c(c3c4cc(F)ccc4n(S(=O)(=O)c4ccc(C)cc4)c13)C(=O)N(c1ccc(OC)cc1)C2. The maximum Gasteiger partial charge on any atom is 0.340 e. The first kappa shape index (κ1) is 25.6. The van der Waals surface area contributed by atoms with Crippen molar-refractivity contribution in [2.24, 2.45) is 0 Å². The van der Waals surface area contributed by atoms with Gasteiger partial charge in [-0.15, -0.1) is 0 Å². The zero-order valence-electron chi connectivity index (χ0n) is 21.8. The van der Waals surface area contributed by atoms with Crippen LogP contribution in [-0.2, 0) is 21.3 Å². The Kier molecular flexibility index (Phi) is 5.88. The lowest BCUT2D eigenvalue weighted by Gasteiger charge is -2.16. The third-order valence-corrected chi connectivity index (χ3v) is 8.90. The highest BCUT2D eigenvalue weighted by Crippen LogP contribution is 2.42. The number of anilines is 1. The first-order valence-corrected chi connectivity index (χ1v) is 13.8. The van der Waals surface area contributed by atoms with E-state index in [1.807, 2.05) is 6.92 Å². The molecule has 0 radical (unpaired) electrons. The van der Waals surface area contributed by atoms with E-state index in [0.29, 0.717) is 17.0 Å². The average Bonchev–Trinajstić information content (AvgIpc) is 3.47. The van der Waals surface area contributed by atoms with E-state index < -0.39 is 27.7 Å². The molecule has 0 atom stereocenters. The Labute approximate surface area is 229 Å². The van der Waals surface area contributed by atoms with Crippen LogP contribution in [0.2, 0.25) is 0 Å². The molecule has 1 aliphatic rings. The summed E-state index contributed by atoms with van der Waals surface area (Å²) in [7, 11) is -1.57. The van der Waals surface area contributed by atoms with Gasteiger partial charge in [0.05, 0.1) is 47.8 Å². The van der Waals surface area contributed by atoms with E-state index in [2.05, 4.69) is 0 Å². The second kappa shape index (κ2) is 9.20. The maximum absolute atomic E-state index is 14.7. The number of carbonyl (C=O) groups excluding carboxylic acids is 2. The van der Waals surface area contributed by atoms with Crippen LogP contribution in [0.4, 0.5) is 10.1 Å². The smallest absolute Gasteiger partial charge is 0.340 e. The van der Waals surface area contributed by atoms with Crippen molar-refractivity contribution in [1.82, 2.24) is 3.97 Å². The second-order valence-corrected chi connectivity index (χ2v) is 11.3. The molecule has 202 valence electrons. The minimum absolute atomic E-state index is 0.0243. The van der Waals surface area contributed by atoms with Gasteiger partial charge in [0.25, 0.3) is 15.9 Å². The Bertz CT molecular complexity index is 1960. The normalized spacial score (nSPS) is 13.2. The summed E-state index contributed by atoms with van der Waals surface area (Å²) in [4.78, 5) is 28.5. The zero-order valence-corrected chi connectivity index (χ0v) is 22.6. The van der Waals surface area contributed by atoms with E-state index in [-0.39, 0.29) is 44.4 Å². The summed E-state index contributed by atoms with van der Waals surface area (Å²) < 4.78 is 54.2. The number of hydrogen-bond acceptors (Lipinski definition) is 6. The number of halogens is 1. The number of rotatable bonds is 5. The molecule has 0 saturated heterocycles. The van der Waals surface area contributed by atoms with Gasteiger partial charge in [0.1, 0.15) is 11.6 Å². The van der Waals surface area contributed by atoms with Crippen LogP contribution in [0.3, 0.4) is 0 Å². The number of methoxy groups -OCH3 is 2. The summed E-state index contributed by atoms with van der Waals surface area (Å²) in [6, 6.07) is 18.3. The van der Waals surface area contributed by atoms with Crippen molar-refractivity contribution in [2.75, 3.05) is 19.1 Å². The Hall–Kier alpha value is -4.70. The van der Waals surface area contributed by atoms with Gasteiger partial charge in [0, 0.05) is 16.5 Å². The van der Waals surface area contributed by atoms with Crippen molar-refractivity contribution in [3.63, 3.8) is 0 Å². The fourth-order valence-electron chi connectivity index (χ4n) is 5.26. The Morgan fingerprint density at radius 2 is 1.65 bits per heavy atom. The van der Waals surface area contributed by atoms with Crippen LogP contribution >= 0.6 is 0 Å². The minimum Gasteiger partial charge on any atom is -0.497 e. The molecule has 0 bridgehead atoms. The van der Waals surface area contributed by atoms with Crippen LogP contribution in [-0.4, -0.2) is 38.5 Å². The van der Waals surface area contributed by atoms with E-state index in [4.69, 9.17) is 9.47 Å². The van der Waals surface area contributed by atoms with Gasteiger partial charge < -0.3 is 14.4 Å². The minimum atomic E-state index is -4.30. The highest BCUT2D eigenvalue weighted by molar-refractivity contribution is 7.90. The zero-order chi connectivity index (χ0) is 28.3. The number of esters is 1. The van der Waals surface area contributed by atoms with Crippen LogP contribution in [0.1, 0.15) is 31.8 Å². The molecular formula is C30H23FN2O6S. The molecule has 2 heterocycles. The summed E-state index contributed by atoms with van der Waals surface area (Å²) in [5, 5.41) is 0.363. The van der Waals surface area contributed by atoms with Crippen LogP contribution in [0.5, 0.6) is 5.75 Å². The number of ether oxygens (including phenoxy) is 2. The lowest BCUT2D eigenvalue weighted by Crippen LogP contribution is -2.22. The van der Waals surface area contributed by atoms with E-state index in [1.54, 1.807) is 36.4 Å². The number of nitrogens with zero attached hydrogens (tertiary/aromatic N) is 2. The van der Waals surface area contributed by atoms with Crippen molar-refractivity contribution in [3.8, 4) is 5.75 Å². The van der Waals surface area contributed by atoms with Gasteiger partial charge in [-0.2, -0.15) is 0 Å². The fourth-order valence-corrected chi connectivity index (χ4v) is 6.79. The highest BCUT2D eigenvalue weighted by Gasteiger charge is 2.37. The van der Waals surface area contributed by atoms with Gasteiger partial charge in [0.2, 0.25) is 0 Å². The van der Waals surface area contributed by atoms with E-state index in [9.17, 15) is 22.4 Å². The van der Waals surface area contributed by atoms with Gasteiger partial charge in [-0.1, -0.05) is 17.7 Å². The number of amides is 1. The monoisotopic (exact) mass is 558 g/mol. The van der Waals surface area contributed by atoms with Gasteiger partial charge in [0.15, 0.2) is 0 Å². The van der Waals surface area contributed by atoms with Gasteiger partial charge >= 0.3 is 5.97 Å². The molecule has 4 aromatic carbocycles. The number of aryl methyl sites for hydroxylation is 1. The molecule has 8 nitrogen and oxygen atoms in total. The van der Waals surface area contributed by atoms with Crippen LogP contribution in [0.25, 0.3) is 21.8 Å². The number of carbonyl (C=O) groups is 2. The third-order valence-electron chi connectivity index (χ3n) is 7.17. The second-order valence-electron chi connectivity index (χ2n) is 9.51. The molecule has 0 fully saturated rings. The lowest BCUT2D eigenvalue weighted by atomic mass is 9.98. The van der Waals surface area contributed by atoms with Crippen molar-refractivity contribution >= 4 is 49.4 Å². The van der Waals surface area contributed by atoms with Crippen molar-refractivity contribution in [3.05, 3.63) is 101 Å². The summed E-state index contributed by atoms with van der Waals surface area (Å²) in [5.74, 6) is -1.19. The van der Waals surface area contributed by atoms with Gasteiger partial charge in [-0.25, -0.2) is 21.6 Å². The largest absolute Gasteiger partial charge is 0.497 e. The average molecular weight is 559 g/mol. The third kappa shape index (κ3) is 3.75. The molecule has 1 aromatic heterocycles. The van der Waals surface area contributed by atoms with Gasteiger partial charge in [-0.05, 0) is 73.2 Å². The Morgan fingerprint density at radius 3 is 2.30 bits per heavy atom. The molecule has 1 aliphatic heterocycles. The van der Waals surface area contributed by atoms with Crippen LogP contribution in [0.15, 0.2) is 77.7 Å². The topological polar surface area (TPSA) is 94.9 Å². The predicted molar refractivity (Wildman–Crippen MR) is 148 cm³/mol. The molecule has 0 spiro atoms. The predicted octanol–water partition coefficient (Wildman–Crippen LogP) is 5.43. The molecule has 0 saturated carbocycles. The first-order valence-electron chi connectivity index (χ1n) is 12.3. The number of fused-ring (bicyclic) bond motifs is 5. The molecule has 0 aliphatic carbocycles. The highest BCUT2D eigenvalue weighted by atomic mass is 32.2. The molecule has 6 rings (SSSR count). The van der Waals surface area contributed by atoms with E-state index in [1.165, 1.54) is 49.5 Å². The number of hydrogen-bond donors (Lipinski definition) is 0. The molecule has 0 unspecified atom stereocenters. The Balaban J connectivity index is 1.71. The molecule has 1 amide bonds. The van der Waals surface area contributed by atoms with Crippen LogP contribution in [0, 0.1) is 12.7 Å². The standard InChI is InChI=1S/C30H23FN2O6S/c1-17-4-11-22(12-5-17)40(36,37)33-25-13-6-19(31)15-23(25)27-26-18(14-24(28(27)33)30(35)39-3)16-32(29(26)34)20-7-9-21(38-2)10-8-20/h4-15H,16H2,1-3H3. The molecular weight excluding hydrogens is 535 g/mol. The van der Waals surface area contributed by atoms with Crippen molar-refractivity contribution in [1.29, 1.82) is 0 Å². The van der Waals surface area contributed by atoms with Crippen molar-refractivity contribution in [2.45, 2.75) is 18.4 Å². The summed E-state index contributed by atoms with van der Waals surface area (Å²) in [5.41, 5.74) is 2.17. The fraction of sp³-hybridized carbons (Fsp3) is 0.133. The number of aromatic nitrogens is 1. The molecule has 10 heteroatoms.